The van der Waals surface area contributed by atoms with Gasteiger partial charge in [-0.05, 0) is 44.9 Å². The summed E-state index contributed by atoms with van der Waals surface area (Å²) in [6, 6.07) is 4.57. The number of rotatable bonds is 8. The van der Waals surface area contributed by atoms with Crippen LogP contribution in [0, 0.1) is 12.7 Å². The molecule has 0 amide bonds. The number of furan rings is 1. The normalized spacial score (nSPS) is 11.9. The number of unbranched alkanes of at least 4 members (excludes halogenated alkanes) is 1. The van der Waals surface area contributed by atoms with Crippen LogP contribution >= 0.6 is 0 Å². The Bertz CT molecular complexity index is 682. The van der Waals surface area contributed by atoms with Crippen LogP contribution in [0.25, 0.3) is 11.0 Å². The molecule has 132 valence electrons. The first-order valence-electron chi connectivity index (χ1n) is 8.35. The zero-order valence-electron chi connectivity index (χ0n) is 14.6. The quantitative estimate of drug-likeness (QED) is 0.441. The highest BCUT2D eigenvalue weighted by atomic mass is 19.1. The molecule has 0 fully saturated rings. The van der Waals surface area contributed by atoms with Gasteiger partial charge in [0.1, 0.15) is 17.2 Å². The fourth-order valence-electron chi connectivity index (χ4n) is 2.48. The van der Waals surface area contributed by atoms with Crippen LogP contribution in [0.4, 0.5) is 4.39 Å². The van der Waals surface area contributed by atoms with Crippen molar-refractivity contribution in [2.45, 2.75) is 33.2 Å². The van der Waals surface area contributed by atoms with Crippen molar-refractivity contribution in [3.05, 3.63) is 35.3 Å². The molecule has 0 saturated carbocycles. The lowest BCUT2D eigenvalue weighted by molar-refractivity contribution is 0.143. The van der Waals surface area contributed by atoms with Crippen LogP contribution in [0.2, 0.25) is 0 Å². The van der Waals surface area contributed by atoms with E-state index >= 15 is 0 Å². The topological polar surface area (TPSA) is 58.8 Å². The number of benzene rings is 1. The van der Waals surface area contributed by atoms with Crippen LogP contribution in [0.3, 0.4) is 0 Å². The van der Waals surface area contributed by atoms with Crippen LogP contribution in [0.15, 0.2) is 27.6 Å². The average Bonchev–Trinajstić information content (AvgIpc) is 2.89. The maximum Gasteiger partial charge on any atom is 0.191 e. The van der Waals surface area contributed by atoms with Crippen LogP contribution in [0.1, 0.15) is 31.1 Å². The van der Waals surface area contributed by atoms with Crippen molar-refractivity contribution in [2.75, 3.05) is 26.8 Å². The van der Waals surface area contributed by atoms with E-state index in [1.165, 1.54) is 12.1 Å². The Kier molecular flexibility index (Phi) is 7.06. The molecule has 0 saturated heterocycles. The molecule has 6 heteroatoms. The van der Waals surface area contributed by atoms with Gasteiger partial charge in [0.05, 0.1) is 6.54 Å². The van der Waals surface area contributed by atoms with E-state index in [1.807, 2.05) is 13.8 Å². The molecule has 1 heterocycles. The fraction of sp³-hybridized carbons (Fsp3) is 0.500. The molecule has 0 unspecified atom stereocenters. The summed E-state index contributed by atoms with van der Waals surface area (Å²) in [5.74, 6) is 1.25. The van der Waals surface area contributed by atoms with Gasteiger partial charge in [0.2, 0.25) is 0 Å². The first kappa shape index (κ1) is 18.3. The van der Waals surface area contributed by atoms with E-state index in [-0.39, 0.29) is 5.82 Å². The number of guanidine groups is 1. The van der Waals surface area contributed by atoms with Crippen molar-refractivity contribution in [2.24, 2.45) is 4.99 Å². The Morgan fingerprint density at radius 1 is 1.29 bits per heavy atom. The van der Waals surface area contributed by atoms with Gasteiger partial charge in [-0.2, -0.15) is 0 Å². The van der Waals surface area contributed by atoms with Gasteiger partial charge >= 0.3 is 0 Å². The number of hydrogen-bond acceptors (Lipinski definition) is 3. The zero-order valence-corrected chi connectivity index (χ0v) is 14.6. The van der Waals surface area contributed by atoms with Gasteiger partial charge in [-0.15, -0.1) is 0 Å². The van der Waals surface area contributed by atoms with Crippen LogP contribution < -0.4 is 10.6 Å². The van der Waals surface area contributed by atoms with Crippen molar-refractivity contribution < 1.29 is 13.5 Å². The van der Waals surface area contributed by atoms with E-state index < -0.39 is 0 Å². The fourth-order valence-corrected chi connectivity index (χ4v) is 2.48. The molecular formula is C18H26FN3O2. The zero-order chi connectivity index (χ0) is 17.4. The van der Waals surface area contributed by atoms with Gasteiger partial charge in [0.25, 0.3) is 0 Å². The van der Waals surface area contributed by atoms with Gasteiger partial charge in [0, 0.05) is 37.8 Å². The highest BCUT2D eigenvalue weighted by Crippen LogP contribution is 2.25. The summed E-state index contributed by atoms with van der Waals surface area (Å²) >= 11 is 0. The highest BCUT2D eigenvalue weighted by Gasteiger charge is 2.11. The molecule has 0 atom stereocenters. The van der Waals surface area contributed by atoms with E-state index in [9.17, 15) is 4.39 Å². The van der Waals surface area contributed by atoms with Crippen molar-refractivity contribution in [1.29, 1.82) is 0 Å². The lowest BCUT2D eigenvalue weighted by atomic mass is 10.1. The van der Waals surface area contributed by atoms with Crippen molar-refractivity contribution >= 4 is 16.9 Å². The van der Waals surface area contributed by atoms with Gasteiger partial charge in [0.15, 0.2) is 5.96 Å². The van der Waals surface area contributed by atoms with Crippen LogP contribution in [-0.2, 0) is 11.3 Å². The van der Waals surface area contributed by atoms with E-state index in [4.69, 9.17) is 9.15 Å². The maximum atomic E-state index is 13.3. The largest absolute Gasteiger partial charge is 0.459 e. The number of nitrogens with one attached hydrogen (secondary N) is 2. The minimum atomic E-state index is -0.254. The average molecular weight is 335 g/mol. The van der Waals surface area contributed by atoms with E-state index in [2.05, 4.69) is 15.6 Å². The minimum Gasteiger partial charge on any atom is -0.459 e. The molecular weight excluding hydrogens is 309 g/mol. The van der Waals surface area contributed by atoms with Crippen molar-refractivity contribution in [3.8, 4) is 0 Å². The Morgan fingerprint density at radius 3 is 2.88 bits per heavy atom. The summed E-state index contributed by atoms with van der Waals surface area (Å²) in [4.78, 5) is 4.20. The Labute approximate surface area is 142 Å². The molecule has 1 aromatic heterocycles. The molecule has 0 bridgehead atoms. The molecule has 0 aliphatic carbocycles. The summed E-state index contributed by atoms with van der Waals surface area (Å²) < 4.78 is 24.4. The minimum absolute atomic E-state index is 0.254. The molecule has 0 aliphatic heterocycles. The second-order valence-corrected chi connectivity index (χ2v) is 5.55. The Balaban J connectivity index is 1.84. The third-order valence-corrected chi connectivity index (χ3v) is 3.85. The molecule has 2 rings (SSSR count). The molecule has 0 aliphatic rings. The number of aryl methyl sites for hydroxylation is 1. The molecule has 1 aromatic carbocycles. The second-order valence-electron chi connectivity index (χ2n) is 5.55. The monoisotopic (exact) mass is 335 g/mol. The van der Waals surface area contributed by atoms with Gasteiger partial charge in [-0.25, -0.2) is 4.39 Å². The van der Waals surface area contributed by atoms with Gasteiger partial charge in [-0.3, -0.25) is 4.99 Å². The SMILES string of the molecule is CCOCCCCNC(=NC)NCc1oc2ccc(F)cc2c1C. The van der Waals surface area contributed by atoms with Crippen molar-refractivity contribution in [3.63, 3.8) is 0 Å². The predicted molar refractivity (Wildman–Crippen MR) is 94.8 cm³/mol. The summed E-state index contributed by atoms with van der Waals surface area (Å²) in [7, 11) is 1.73. The van der Waals surface area contributed by atoms with E-state index in [0.717, 1.165) is 55.3 Å². The number of hydrogen-bond donors (Lipinski definition) is 2. The number of fused-ring (bicyclic) bond motifs is 1. The highest BCUT2D eigenvalue weighted by molar-refractivity contribution is 5.83. The number of halogens is 1. The summed E-state index contributed by atoms with van der Waals surface area (Å²) in [6.45, 7) is 6.82. The number of ether oxygens (including phenoxy) is 1. The molecule has 2 N–H and O–H groups in total. The van der Waals surface area contributed by atoms with Crippen LogP contribution in [0.5, 0.6) is 0 Å². The Hall–Kier alpha value is -2.08. The third-order valence-electron chi connectivity index (χ3n) is 3.85. The molecule has 0 spiro atoms. The molecule has 0 radical (unpaired) electrons. The first-order chi connectivity index (χ1) is 11.7. The summed E-state index contributed by atoms with van der Waals surface area (Å²) in [6.07, 6.45) is 2.04. The number of aliphatic imine (C=N–C) groups is 1. The van der Waals surface area contributed by atoms with Crippen molar-refractivity contribution in [1.82, 2.24) is 10.6 Å². The predicted octanol–water partition coefficient (Wildman–Crippen LogP) is 3.36. The first-order valence-corrected chi connectivity index (χ1v) is 8.35. The molecule has 2 aromatic rings. The smallest absolute Gasteiger partial charge is 0.191 e. The Morgan fingerprint density at radius 2 is 2.12 bits per heavy atom. The lowest BCUT2D eigenvalue weighted by Crippen LogP contribution is -2.37. The van der Waals surface area contributed by atoms with Gasteiger partial charge < -0.3 is 19.8 Å². The lowest BCUT2D eigenvalue weighted by Gasteiger charge is -2.11. The van der Waals surface area contributed by atoms with Gasteiger partial charge in [-0.1, -0.05) is 0 Å². The van der Waals surface area contributed by atoms with Crippen LogP contribution in [-0.4, -0.2) is 32.8 Å². The maximum absolute atomic E-state index is 13.3. The molecule has 24 heavy (non-hydrogen) atoms. The third kappa shape index (κ3) is 4.96. The molecule has 5 nitrogen and oxygen atoms in total. The number of nitrogens with zero attached hydrogens (tertiary/aromatic N) is 1. The summed E-state index contributed by atoms with van der Waals surface area (Å²) in [5.41, 5.74) is 1.65. The summed E-state index contributed by atoms with van der Waals surface area (Å²) in [5, 5.41) is 7.30. The second kappa shape index (κ2) is 9.27. The standard InChI is InChI=1S/C18H26FN3O2/c1-4-23-10-6-5-9-21-18(20-3)22-12-17-13(2)15-11-14(19)7-8-16(15)24-17/h7-8,11H,4-6,9-10,12H2,1-3H3,(H2,20,21,22). The van der Waals surface area contributed by atoms with E-state index in [0.29, 0.717) is 12.1 Å². The van der Waals surface area contributed by atoms with E-state index in [1.54, 1.807) is 13.1 Å².